The fraction of sp³-hybridized carbons (Fsp3) is 0.526. The van der Waals surface area contributed by atoms with Crippen LogP contribution in [0.15, 0.2) is 30.3 Å². The van der Waals surface area contributed by atoms with Gasteiger partial charge in [0.15, 0.2) is 6.61 Å². The Morgan fingerprint density at radius 1 is 1.20 bits per heavy atom. The first-order valence-corrected chi connectivity index (χ1v) is 9.16. The molecule has 0 unspecified atom stereocenters. The maximum atomic E-state index is 12.8. The standard InChI is InChI=1S/C19H24N4O2/c1-2-6-17-20-21-18-11-14-9-10-15(12-22(17)18)23(14)19(24)13-25-16-7-4-3-5-8-16/h3-5,7-8,14-15H,2,6,9-13H2,1H3/t14-,15+/m0/s1. The van der Waals surface area contributed by atoms with Crippen LogP contribution in [0.25, 0.3) is 0 Å². The first kappa shape index (κ1) is 16.1. The van der Waals surface area contributed by atoms with E-state index in [1.165, 1.54) is 0 Å². The molecule has 0 saturated carbocycles. The minimum absolute atomic E-state index is 0.0760. The van der Waals surface area contributed by atoms with Crippen LogP contribution in [0.4, 0.5) is 0 Å². The summed E-state index contributed by atoms with van der Waals surface area (Å²) >= 11 is 0. The van der Waals surface area contributed by atoms with Gasteiger partial charge in [-0.1, -0.05) is 25.1 Å². The van der Waals surface area contributed by atoms with Crippen LogP contribution >= 0.6 is 0 Å². The number of fused-ring (bicyclic) bond motifs is 3. The Balaban J connectivity index is 1.47. The molecular weight excluding hydrogens is 316 g/mol. The molecule has 132 valence electrons. The summed E-state index contributed by atoms with van der Waals surface area (Å²) in [5, 5.41) is 8.74. The van der Waals surface area contributed by atoms with E-state index in [4.69, 9.17) is 4.74 Å². The lowest BCUT2D eigenvalue weighted by Gasteiger charge is -2.28. The molecule has 3 heterocycles. The van der Waals surface area contributed by atoms with Crippen LogP contribution in [0.1, 0.15) is 37.8 Å². The topological polar surface area (TPSA) is 60.2 Å². The van der Waals surface area contributed by atoms with E-state index in [0.717, 1.165) is 56.0 Å². The number of hydrogen-bond donors (Lipinski definition) is 0. The number of carbonyl (C=O) groups is 1. The van der Waals surface area contributed by atoms with Gasteiger partial charge in [0.2, 0.25) is 0 Å². The summed E-state index contributed by atoms with van der Waals surface area (Å²) in [6.45, 7) is 3.06. The fourth-order valence-corrected chi connectivity index (χ4v) is 4.05. The summed E-state index contributed by atoms with van der Waals surface area (Å²) < 4.78 is 7.92. The number of hydrogen-bond acceptors (Lipinski definition) is 4. The number of ether oxygens (including phenoxy) is 1. The molecule has 1 amide bonds. The number of para-hydroxylation sites is 1. The van der Waals surface area contributed by atoms with Crippen molar-refractivity contribution in [3.8, 4) is 5.75 Å². The van der Waals surface area contributed by atoms with Crippen molar-refractivity contribution < 1.29 is 9.53 Å². The third-order valence-electron chi connectivity index (χ3n) is 5.20. The van der Waals surface area contributed by atoms with E-state index in [0.29, 0.717) is 0 Å². The quantitative estimate of drug-likeness (QED) is 0.837. The largest absolute Gasteiger partial charge is 0.484 e. The Morgan fingerprint density at radius 3 is 2.80 bits per heavy atom. The molecule has 1 aromatic heterocycles. The molecule has 0 N–H and O–H groups in total. The molecule has 2 aromatic rings. The molecule has 2 aliphatic rings. The molecule has 0 radical (unpaired) electrons. The highest BCUT2D eigenvalue weighted by Crippen LogP contribution is 2.31. The van der Waals surface area contributed by atoms with Crippen LogP contribution in [0, 0.1) is 0 Å². The Hall–Kier alpha value is -2.37. The van der Waals surface area contributed by atoms with Gasteiger partial charge in [0.25, 0.3) is 5.91 Å². The van der Waals surface area contributed by atoms with Crippen LogP contribution in [-0.2, 0) is 24.2 Å². The van der Waals surface area contributed by atoms with E-state index in [1.54, 1.807) is 0 Å². The second kappa shape index (κ2) is 6.86. The van der Waals surface area contributed by atoms with Gasteiger partial charge < -0.3 is 14.2 Å². The zero-order valence-electron chi connectivity index (χ0n) is 14.6. The summed E-state index contributed by atoms with van der Waals surface area (Å²) in [4.78, 5) is 14.9. The van der Waals surface area contributed by atoms with Gasteiger partial charge in [-0.25, -0.2) is 0 Å². The zero-order valence-corrected chi connectivity index (χ0v) is 14.6. The number of amides is 1. The van der Waals surface area contributed by atoms with Gasteiger partial charge >= 0.3 is 0 Å². The van der Waals surface area contributed by atoms with Crippen LogP contribution in [0.2, 0.25) is 0 Å². The lowest BCUT2D eigenvalue weighted by atomic mass is 10.1. The number of aryl methyl sites for hydroxylation is 1. The SMILES string of the molecule is CCCc1nnc2n1C[C@H]1CC[C@@H](C2)N1C(=O)COc1ccccc1. The number of benzene rings is 1. The van der Waals surface area contributed by atoms with Crippen molar-refractivity contribution in [2.75, 3.05) is 6.61 Å². The molecule has 0 spiro atoms. The lowest BCUT2D eigenvalue weighted by molar-refractivity contribution is -0.136. The van der Waals surface area contributed by atoms with Crippen molar-refractivity contribution >= 4 is 5.91 Å². The van der Waals surface area contributed by atoms with E-state index in [9.17, 15) is 4.79 Å². The van der Waals surface area contributed by atoms with E-state index < -0.39 is 0 Å². The van der Waals surface area contributed by atoms with E-state index in [2.05, 4.69) is 21.7 Å². The lowest BCUT2D eigenvalue weighted by Crippen LogP contribution is -2.44. The number of rotatable bonds is 5. The van der Waals surface area contributed by atoms with E-state index in [-0.39, 0.29) is 24.6 Å². The van der Waals surface area contributed by atoms with Gasteiger partial charge in [0.1, 0.15) is 17.4 Å². The van der Waals surface area contributed by atoms with Crippen LogP contribution in [0.3, 0.4) is 0 Å². The maximum absolute atomic E-state index is 12.8. The highest BCUT2D eigenvalue weighted by molar-refractivity contribution is 5.79. The molecule has 6 heteroatoms. The Bertz CT molecular complexity index is 743. The van der Waals surface area contributed by atoms with Gasteiger partial charge in [-0.2, -0.15) is 0 Å². The van der Waals surface area contributed by atoms with Crippen molar-refractivity contribution in [3.63, 3.8) is 0 Å². The highest BCUT2D eigenvalue weighted by atomic mass is 16.5. The minimum Gasteiger partial charge on any atom is -0.484 e. The first-order valence-electron chi connectivity index (χ1n) is 9.16. The summed E-state index contributed by atoms with van der Waals surface area (Å²) in [5.74, 6) is 2.89. The predicted octanol–water partition coefficient (Wildman–Crippen LogP) is 2.23. The molecule has 0 aliphatic carbocycles. The van der Waals surface area contributed by atoms with Gasteiger partial charge in [0.05, 0.1) is 6.04 Å². The average Bonchev–Trinajstić information content (AvgIpc) is 3.14. The fourth-order valence-electron chi connectivity index (χ4n) is 4.05. The molecule has 1 fully saturated rings. The monoisotopic (exact) mass is 340 g/mol. The molecule has 1 aromatic carbocycles. The Morgan fingerprint density at radius 2 is 2.00 bits per heavy atom. The number of nitrogens with zero attached hydrogens (tertiary/aromatic N) is 4. The van der Waals surface area contributed by atoms with Crippen molar-refractivity contribution in [2.24, 2.45) is 0 Å². The van der Waals surface area contributed by atoms with Crippen molar-refractivity contribution in [1.29, 1.82) is 0 Å². The first-order chi connectivity index (χ1) is 12.3. The highest BCUT2D eigenvalue weighted by Gasteiger charge is 2.41. The summed E-state index contributed by atoms with van der Waals surface area (Å²) in [6, 6.07) is 9.97. The molecule has 6 nitrogen and oxygen atoms in total. The average molecular weight is 340 g/mol. The maximum Gasteiger partial charge on any atom is 0.261 e. The molecule has 25 heavy (non-hydrogen) atoms. The predicted molar refractivity (Wildman–Crippen MR) is 93.3 cm³/mol. The molecule has 2 aliphatic heterocycles. The second-order valence-electron chi connectivity index (χ2n) is 6.88. The summed E-state index contributed by atoms with van der Waals surface area (Å²) in [7, 11) is 0. The number of carbonyl (C=O) groups excluding carboxylic acids is 1. The minimum atomic E-state index is 0.0760. The molecular formula is C19H24N4O2. The summed E-state index contributed by atoms with van der Waals surface area (Å²) in [6.07, 6.45) is 4.88. The van der Waals surface area contributed by atoms with Gasteiger partial charge in [0, 0.05) is 25.4 Å². The third-order valence-corrected chi connectivity index (χ3v) is 5.20. The van der Waals surface area contributed by atoms with Crippen molar-refractivity contribution in [3.05, 3.63) is 42.0 Å². The molecule has 4 rings (SSSR count). The van der Waals surface area contributed by atoms with E-state index >= 15 is 0 Å². The normalized spacial score (nSPS) is 21.7. The second-order valence-corrected chi connectivity index (χ2v) is 6.88. The Kier molecular flexibility index (Phi) is 4.42. The molecule has 2 atom stereocenters. The van der Waals surface area contributed by atoms with Crippen molar-refractivity contribution in [2.45, 2.75) is 57.7 Å². The van der Waals surface area contributed by atoms with Gasteiger partial charge in [-0.15, -0.1) is 10.2 Å². The third kappa shape index (κ3) is 3.13. The zero-order chi connectivity index (χ0) is 17.2. The smallest absolute Gasteiger partial charge is 0.261 e. The number of aromatic nitrogens is 3. The molecule has 2 bridgehead atoms. The van der Waals surface area contributed by atoms with Crippen LogP contribution in [0.5, 0.6) is 5.75 Å². The van der Waals surface area contributed by atoms with E-state index in [1.807, 2.05) is 35.2 Å². The Labute approximate surface area is 147 Å². The van der Waals surface area contributed by atoms with Gasteiger partial charge in [-0.3, -0.25) is 4.79 Å². The van der Waals surface area contributed by atoms with Gasteiger partial charge in [-0.05, 0) is 31.4 Å². The summed E-state index contributed by atoms with van der Waals surface area (Å²) in [5.41, 5.74) is 0. The van der Waals surface area contributed by atoms with Crippen LogP contribution in [-0.4, -0.2) is 44.3 Å². The van der Waals surface area contributed by atoms with Crippen molar-refractivity contribution in [1.82, 2.24) is 19.7 Å². The van der Waals surface area contributed by atoms with Crippen LogP contribution < -0.4 is 4.74 Å². The molecule has 1 saturated heterocycles.